The first-order chi connectivity index (χ1) is 10.4. The zero-order valence-electron chi connectivity index (χ0n) is 12.9. The molecule has 1 aliphatic carbocycles. The summed E-state index contributed by atoms with van der Waals surface area (Å²) in [5.74, 6) is -1.01. The number of alkyl halides is 1. The highest BCUT2D eigenvalue weighted by Gasteiger charge is 2.79. The average molecular weight is 328 g/mol. The van der Waals surface area contributed by atoms with Gasteiger partial charge in [0.15, 0.2) is 5.60 Å². The van der Waals surface area contributed by atoms with E-state index in [2.05, 4.69) is 5.32 Å². The van der Waals surface area contributed by atoms with Gasteiger partial charge in [-0.2, -0.15) is 0 Å². The second kappa shape index (κ2) is 5.24. The molecule has 0 radical (unpaired) electrons. The maximum Gasteiger partial charge on any atom is 0.339 e. The first-order valence-electron chi connectivity index (χ1n) is 7.86. The Balaban J connectivity index is 2.00. The molecule has 3 rings (SSSR count). The highest BCUT2D eigenvalue weighted by molar-refractivity contribution is 6.18. The predicted molar refractivity (Wildman–Crippen MR) is 81.4 cm³/mol. The molecule has 5 nitrogen and oxygen atoms in total. The molecule has 0 aromatic rings. The van der Waals surface area contributed by atoms with Crippen molar-refractivity contribution in [3.8, 4) is 0 Å². The third-order valence-electron chi connectivity index (χ3n) is 5.65. The van der Waals surface area contributed by atoms with E-state index in [4.69, 9.17) is 16.3 Å². The predicted octanol–water partition coefficient (Wildman–Crippen LogP) is 1.67. The first kappa shape index (κ1) is 15.8. The number of ether oxygens (including phenoxy) is 1. The zero-order valence-corrected chi connectivity index (χ0v) is 13.7. The maximum absolute atomic E-state index is 12.3. The van der Waals surface area contributed by atoms with Crippen LogP contribution in [0.5, 0.6) is 0 Å². The standard InChI is InChI=1S/C16H22ClNO4/c1-9-5-3-4-6-10(9)12(19)16-14(21)22-15(16,2)11(7-8-17)13(20)18-16/h11-12,19H,3-8H2,1-2H3,(H,18,20)/t11-,12-,15-,16-/m0/s1. The van der Waals surface area contributed by atoms with Crippen molar-refractivity contribution in [2.45, 2.75) is 63.2 Å². The van der Waals surface area contributed by atoms with Crippen LogP contribution in [0.25, 0.3) is 0 Å². The van der Waals surface area contributed by atoms with Gasteiger partial charge >= 0.3 is 5.97 Å². The fraction of sp³-hybridized carbons (Fsp3) is 0.750. The molecule has 22 heavy (non-hydrogen) atoms. The molecule has 0 saturated carbocycles. The third kappa shape index (κ3) is 1.81. The molecule has 122 valence electrons. The van der Waals surface area contributed by atoms with E-state index in [0.29, 0.717) is 12.3 Å². The second-order valence-corrected chi connectivity index (χ2v) is 7.12. The monoisotopic (exact) mass is 327 g/mol. The minimum Gasteiger partial charge on any atom is -0.453 e. The molecule has 2 fully saturated rings. The molecule has 2 heterocycles. The highest BCUT2D eigenvalue weighted by Crippen LogP contribution is 2.53. The lowest BCUT2D eigenvalue weighted by atomic mass is 9.65. The number of fused-ring (bicyclic) bond motifs is 1. The van der Waals surface area contributed by atoms with E-state index in [1.54, 1.807) is 6.92 Å². The molecule has 2 saturated heterocycles. The van der Waals surface area contributed by atoms with Crippen molar-refractivity contribution in [3.05, 3.63) is 11.1 Å². The molecule has 0 bridgehead atoms. The number of carbonyl (C=O) groups excluding carboxylic acids is 2. The van der Waals surface area contributed by atoms with E-state index < -0.39 is 29.1 Å². The zero-order chi connectivity index (χ0) is 16.1. The summed E-state index contributed by atoms with van der Waals surface area (Å²) in [4.78, 5) is 24.6. The van der Waals surface area contributed by atoms with Gasteiger partial charge in [-0.15, -0.1) is 11.6 Å². The molecule has 0 spiro atoms. The van der Waals surface area contributed by atoms with Crippen LogP contribution in [-0.2, 0) is 14.3 Å². The van der Waals surface area contributed by atoms with Crippen LogP contribution in [0, 0.1) is 5.92 Å². The minimum atomic E-state index is -1.35. The number of hydrogen-bond donors (Lipinski definition) is 2. The number of halogens is 1. The van der Waals surface area contributed by atoms with Gasteiger partial charge in [0.2, 0.25) is 11.4 Å². The van der Waals surface area contributed by atoms with Gasteiger partial charge in [-0.3, -0.25) is 4.79 Å². The Morgan fingerprint density at radius 2 is 2.09 bits per heavy atom. The smallest absolute Gasteiger partial charge is 0.339 e. The van der Waals surface area contributed by atoms with Crippen molar-refractivity contribution in [1.82, 2.24) is 5.32 Å². The van der Waals surface area contributed by atoms with Crippen LogP contribution in [-0.4, -0.2) is 40.1 Å². The van der Waals surface area contributed by atoms with Crippen LogP contribution in [0.4, 0.5) is 0 Å². The molecule has 4 atom stereocenters. The Labute approximate surface area is 135 Å². The van der Waals surface area contributed by atoms with Gasteiger partial charge in [-0.05, 0) is 51.5 Å². The average Bonchev–Trinajstić information content (AvgIpc) is 2.65. The maximum atomic E-state index is 12.3. The molecular weight excluding hydrogens is 306 g/mol. The van der Waals surface area contributed by atoms with E-state index >= 15 is 0 Å². The number of rotatable bonds is 4. The van der Waals surface area contributed by atoms with Gasteiger partial charge in [0.1, 0.15) is 6.10 Å². The van der Waals surface area contributed by atoms with E-state index in [1.807, 2.05) is 6.92 Å². The van der Waals surface area contributed by atoms with Crippen LogP contribution in [0.3, 0.4) is 0 Å². The van der Waals surface area contributed by atoms with Crippen molar-refractivity contribution in [3.63, 3.8) is 0 Å². The molecule has 0 aromatic heterocycles. The summed E-state index contributed by atoms with van der Waals surface area (Å²) in [6.07, 6.45) is 3.16. The van der Waals surface area contributed by atoms with Crippen LogP contribution < -0.4 is 5.32 Å². The fourth-order valence-electron chi connectivity index (χ4n) is 4.24. The molecule has 2 N–H and O–H groups in total. The van der Waals surface area contributed by atoms with Gasteiger partial charge in [0, 0.05) is 5.88 Å². The summed E-state index contributed by atoms with van der Waals surface area (Å²) < 4.78 is 5.37. The molecule has 1 amide bonds. The number of nitrogens with one attached hydrogen (secondary N) is 1. The van der Waals surface area contributed by atoms with E-state index in [0.717, 1.165) is 36.8 Å². The lowest BCUT2D eigenvalue weighted by Crippen LogP contribution is -2.79. The lowest BCUT2D eigenvalue weighted by molar-refractivity contribution is -0.232. The van der Waals surface area contributed by atoms with Crippen molar-refractivity contribution in [2.24, 2.45) is 5.92 Å². The Hall–Kier alpha value is -1.07. The number of carbonyl (C=O) groups is 2. The molecule has 0 unspecified atom stereocenters. The van der Waals surface area contributed by atoms with Gasteiger partial charge in [-0.1, -0.05) is 5.57 Å². The number of aliphatic hydroxyl groups is 1. The fourth-order valence-corrected chi connectivity index (χ4v) is 4.46. The number of amides is 1. The number of aliphatic hydroxyl groups excluding tert-OH is 1. The molecule has 6 heteroatoms. The normalized spacial score (nSPS) is 39.0. The SMILES string of the molecule is CC1=C([C@H](O)[C@@]23NC(=O)[C@H](CCCl)[C@]2(C)OC3=O)CCCC1. The summed E-state index contributed by atoms with van der Waals surface area (Å²) in [7, 11) is 0. The first-order valence-corrected chi connectivity index (χ1v) is 8.40. The van der Waals surface area contributed by atoms with Crippen molar-refractivity contribution in [2.75, 3.05) is 5.88 Å². The Kier molecular flexibility index (Phi) is 3.76. The third-order valence-corrected chi connectivity index (χ3v) is 5.86. The van der Waals surface area contributed by atoms with Crippen LogP contribution in [0.1, 0.15) is 46.0 Å². The van der Waals surface area contributed by atoms with Crippen molar-refractivity contribution >= 4 is 23.5 Å². The summed E-state index contributed by atoms with van der Waals surface area (Å²) >= 11 is 5.79. The van der Waals surface area contributed by atoms with Crippen molar-refractivity contribution in [1.29, 1.82) is 0 Å². The lowest BCUT2D eigenvalue weighted by Gasteiger charge is -2.54. The Bertz CT molecular complexity index is 560. The van der Waals surface area contributed by atoms with Crippen LogP contribution in [0.2, 0.25) is 0 Å². The summed E-state index contributed by atoms with van der Waals surface area (Å²) in [6, 6.07) is 0. The molecular formula is C16H22ClNO4. The summed E-state index contributed by atoms with van der Waals surface area (Å²) in [5.41, 5.74) is -0.388. The quantitative estimate of drug-likeness (QED) is 0.468. The molecule has 2 aliphatic heterocycles. The number of allylic oxidation sites excluding steroid dienone is 1. The van der Waals surface area contributed by atoms with Gasteiger partial charge < -0.3 is 15.2 Å². The molecule has 3 aliphatic rings. The van der Waals surface area contributed by atoms with E-state index in [9.17, 15) is 14.7 Å². The van der Waals surface area contributed by atoms with E-state index in [-0.39, 0.29) is 5.91 Å². The molecule has 0 aromatic carbocycles. The van der Waals surface area contributed by atoms with E-state index in [1.165, 1.54) is 0 Å². The van der Waals surface area contributed by atoms with Crippen molar-refractivity contribution < 1.29 is 19.4 Å². The minimum absolute atomic E-state index is 0.262. The van der Waals surface area contributed by atoms with Crippen LogP contribution in [0.15, 0.2) is 11.1 Å². The van der Waals surface area contributed by atoms with Crippen LogP contribution >= 0.6 is 11.6 Å². The Morgan fingerprint density at radius 3 is 2.68 bits per heavy atom. The van der Waals surface area contributed by atoms with Gasteiger partial charge in [0.05, 0.1) is 5.92 Å². The largest absolute Gasteiger partial charge is 0.453 e. The Morgan fingerprint density at radius 1 is 1.41 bits per heavy atom. The van der Waals surface area contributed by atoms with Gasteiger partial charge in [0.25, 0.3) is 0 Å². The number of esters is 1. The number of hydrogen-bond acceptors (Lipinski definition) is 4. The second-order valence-electron chi connectivity index (χ2n) is 6.74. The topological polar surface area (TPSA) is 75.6 Å². The highest BCUT2D eigenvalue weighted by atomic mass is 35.5. The summed E-state index contributed by atoms with van der Waals surface area (Å²) in [5, 5.41) is 13.7. The van der Waals surface area contributed by atoms with Gasteiger partial charge in [-0.25, -0.2) is 4.79 Å². The summed E-state index contributed by atoms with van der Waals surface area (Å²) in [6.45, 7) is 3.72.